The molecule has 0 atom stereocenters. The number of carbonyl (C=O) groups is 1. The minimum absolute atomic E-state index is 0.448. The summed E-state index contributed by atoms with van der Waals surface area (Å²) in [6.07, 6.45) is 0.788. The van der Waals surface area contributed by atoms with E-state index in [2.05, 4.69) is 4.98 Å². The highest BCUT2D eigenvalue weighted by Crippen LogP contribution is 2.32. The molecule has 0 spiro atoms. The molecule has 0 aliphatic carbocycles. The largest absolute Gasteiger partial charge is 0.298 e. The summed E-state index contributed by atoms with van der Waals surface area (Å²) in [4.78, 5) is 15.2. The van der Waals surface area contributed by atoms with Crippen LogP contribution in [0.4, 0.5) is 0 Å². The van der Waals surface area contributed by atoms with E-state index >= 15 is 0 Å². The molecule has 0 aliphatic rings. The summed E-state index contributed by atoms with van der Waals surface area (Å²) in [5.41, 5.74) is 2.72. The monoisotopic (exact) mass is 265 g/mol. The Hall–Kier alpha value is -1.38. The number of aromatic nitrogens is 1. The van der Waals surface area contributed by atoms with Crippen LogP contribution >= 0.6 is 23.2 Å². The van der Waals surface area contributed by atoms with Crippen LogP contribution in [-0.4, -0.2) is 11.3 Å². The van der Waals surface area contributed by atoms with Gasteiger partial charge in [0.2, 0.25) is 0 Å². The summed E-state index contributed by atoms with van der Waals surface area (Å²) in [5.74, 6) is 0. The first-order valence-electron chi connectivity index (χ1n) is 5.00. The molecule has 0 aliphatic heterocycles. The van der Waals surface area contributed by atoms with E-state index in [1.165, 1.54) is 0 Å². The summed E-state index contributed by atoms with van der Waals surface area (Å²) in [6.45, 7) is 1.83. The third kappa shape index (κ3) is 2.48. The fourth-order valence-electron chi connectivity index (χ4n) is 1.60. The first kappa shape index (κ1) is 12.1. The zero-order valence-corrected chi connectivity index (χ0v) is 10.6. The lowest BCUT2D eigenvalue weighted by molar-refractivity contribution is 0.112. The maximum Gasteiger partial charge on any atom is 0.150 e. The quantitative estimate of drug-likeness (QED) is 0.763. The van der Waals surface area contributed by atoms with Gasteiger partial charge < -0.3 is 0 Å². The van der Waals surface area contributed by atoms with Crippen molar-refractivity contribution in [3.05, 3.63) is 51.6 Å². The van der Waals surface area contributed by atoms with Gasteiger partial charge in [-0.05, 0) is 25.1 Å². The van der Waals surface area contributed by atoms with Crippen LogP contribution in [0.1, 0.15) is 16.1 Å². The second kappa shape index (κ2) is 4.86. The first-order valence-corrected chi connectivity index (χ1v) is 5.75. The van der Waals surface area contributed by atoms with E-state index in [1.54, 1.807) is 24.3 Å². The summed E-state index contributed by atoms with van der Waals surface area (Å²) >= 11 is 12.1. The lowest BCUT2D eigenvalue weighted by Gasteiger charge is -2.06. The predicted octanol–water partition coefficient (Wildman–Crippen LogP) is 4.18. The van der Waals surface area contributed by atoms with Crippen LogP contribution in [0.3, 0.4) is 0 Å². The zero-order chi connectivity index (χ0) is 12.4. The molecule has 0 unspecified atom stereocenters. The molecule has 0 N–H and O–H groups in total. The SMILES string of the molecule is Cc1cc(C=O)cc(-c2cccc(Cl)c2Cl)n1. The molecule has 0 bridgehead atoms. The minimum Gasteiger partial charge on any atom is -0.298 e. The predicted molar refractivity (Wildman–Crippen MR) is 69.8 cm³/mol. The molecule has 86 valence electrons. The number of pyridine rings is 1. The molecule has 0 amide bonds. The number of aldehydes is 1. The van der Waals surface area contributed by atoms with Crippen molar-refractivity contribution in [2.45, 2.75) is 6.92 Å². The van der Waals surface area contributed by atoms with Gasteiger partial charge in [0.25, 0.3) is 0 Å². The summed E-state index contributed by atoms with van der Waals surface area (Å²) in [7, 11) is 0. The van der Waals surface area contributed by atoms with Crippen molar-refractivity contribution in [2.24, 2.45) is 0 Å². The number of hydrogen-bond acceptors (Lipinski definition) is 2. The average Bonchev–Trinajstić information content (AvgIpc) is 2.31. The average molecular weight is 266 g/mol. The number of aryl methyl sites for hydroxylation is 1. The van der Waals surface area contributed by atoms with E-state index in [0.29, 0.717) is 21.3 Å². The molecule has 0 saturated carbocycles. The van der Waals surface area contributed by atoms with E-state index in [4.69, 9.17) is 23.2 Å². The van der Waals surface area contributed by atoms with Crippen LogP contribution in [0.2, 0.25) is 10.0 Å². The van der Waals surface area contributed by atoms with Crippen LogP contribution < -0.4 is 0 Å². The van der Waals surface area contributed by atoms with Gasteiger partial charge in [-0.25, -0.2) is 0 Å². The first-order chi connectivity index (χ1) is 8.11. The molecule has 1 aromatic heterocycles. The Labute approximate surface area is 109 Å². The molecular formula is C13H9Cl2NO. The molecule has 2 rings (SSSR count). The topological polar surface area (TPSA) is 30.0 Å². The number of hydrogen-bond donors (Lipinski definition) is 0. The van der Waals surface area contributed by atoms with Crippen molar-refractivity contribution >= 4 is 29.5 Å². The third-order valence-electron chi connectivity index (χ3n) is 2.34. The van der Waals surface area contributed by atoms with Gasteiger partial charge in [0, 0.05) is 16.8 Å². The molecule has 2 nitrogen and oxygen atoms in total. The third-order valence-corrected chi connectivity index (χ3v) is 3.16. The maximum absolute atomic E-state index is 10.8. The number of carbonyl (C=O) groups excluding carboxylic acids is 1. The lowest BCUT2D eigenvalue weighted by atomic mass is 10.1. The van der Waals surface area contributed by atoms with Crippen LogP contribution in [0.25, 0.3) is 11.3 Å². The van der Waals surface area contributed by atoms with Gasteiger partial charge in [-0.3, -0.25) is 9.78 Å². The Balaban J connectivity index is 2.64. The Morgan fingerprint density at radius 1 is 1.24 bits per heavy atom. The van der Waals surface area contributed by atoms with Gasteiger partial charge in [0.1, 0.15) is 6.29 Å². The molecule has 1 heterocycles. The minimum atomic E-state index is 0.448. The summed E-state index contributed by atoms with van der Waals surface area (Å²) in [5, 5.41) is 0.921. The highest BCUT2D eigenvalue weighted by Gasteiger charge is 2.09. The van der Waals surface area contributed by atoms with E-state index in [9.17, 15) is 4.79 Å². The fraction of sp³-hybridized carbons (Fsp3) is 0.0769. The zero-order valence-electron chi connectivity index (χ0n) is 9.08. The molecule has 0 radical (unpaired) electrons. The smallest absolute Gasteiger partial charge is 0.150 e. The second-order valence-corrected chi connectivity index (χ2v) is 4.43. The second-order valence-electron chi connectivity index (χ2n) is 3.65. The molecular weight excluding hydrogens is 257 g/mol. The Morgan fingerprint density at radius 2 is 2.00 bits per heavy atom. The standard InChI is InChI=1S/C13H9Cl2NO/c1-8-5-9(7-17)6-12(16-8)10-3-2-4-11(14)13(10)15/h2-7H,1H3. The molecule has 4 heteroatoms. The summed E-state index contributed by atoms with van der Waals surface area (Å²) in [6, 6.07) is 8.75. The molecule has 1 aromatic carbocycles. The Morgan fingerprint density at radius 3 is 2.71 bits per heavy atom. The number of benzene rings is 1. The van der Waals surface area contributed by atoms with Crippen LogP contribution in [0, 0.1) is 6.92 Å². The van der Waals surface area contributed by atoms with Gasteiger partial charge in [0.15, 0.2) is 0 Å². The van der Waals surface area contributed by atoms with Gasteiger partial charge in [0.05, 0.1) is 15.7 Å². The van der Waals surface area contributed by atoms with Crippen molar-refractivity contribution in [1.82, 2.24) is 4.98 Å². The number of halogens is 2. The van der Waals surface area contributed by atoms with Gasteiger partial charge in [-0.2, -0.15) is 0 Å². The fourth-order valence-corrected chi connectivity index (χ4v) is 2.00. The highest BCUT2D eigenvalue weighted by atomic mass is 35.5. The van der Waals surface area contributed by atoms with Crippen LogP contribution in [-0.2, 0) is 0 Å². The van der Waals surface area contributed by atoms with Crippen LogP contribution in [0.15, 0.2) is 30.3 Å². The van der Waals surface area contributed by atoms with Crippen molar-refractivity contribution in [1.29, 1.82) is 0 Å². The van der Waals surface area contributed by atoms with Gasteiger partial charge in [-0.15, -0.1) is 0 Å². The highest BCUT2D eigenvalue weighted by molar-refractivity contribution is 6.43. The normalized spacial score (nSPS) is 10.3. The van der Waals surface area contributed by atoms with Crippen LogP contribution in [0.5, 0.6) is 0 Å². The van der Waals surface area contributed by atoms with Crippen molar-refractivity contribution in [2.75, 3.05) is 0 Å². The Bertz CT molecular complexity index is 582. The van der Waals surface area contributed by atoms with Gasteiger partial charge >= 0.3 is 0 Å². The van der Waals surface area contributed by atoms with E-state index in [0.717, 1.165) is 17.5 Å². The van der Waals surface area contributed by atoms with Gasteiger partial charge in [-0.1, -0.05) is 35.3 Å². The summed E-state index contributed by atoms with van der Waals surface area (Å²) < 4.78 is 0. The molecule has 2 aromatic rings. The van der Waals surface area contributed by atoms with Crippen molar-refractivity contribution < 1.29 is 4.79 Å². The van der Waals surface area contributed by atoms with Crippen molar-refractivity contribution in [3.63, 3.8) is 0 Å². The lowest BCUT2D eigenvalue weighted by Crippen LogP contribution is -1.92. The van der Waals surface area contributed by atoms with E-state index < -0.39 is 0 Å². The van der Waals surface area contributed by atoms with E-state index in [-0.39, 0.29) is 0 Å². The maximum atomic E-state index is 10.8. The molecule has 0 saturated heterocycles. The number of rotatable bonds is 2. The molecule has 17 heavy (non-hydrogen) atoms. The number of nitrogens with zero attached hydrogens (tertiary/aromatic N) is 1. The Kier molecular flexibility index (Phi) is 3.46. The molecule has 0 fully saturated rings. The van der Waals surface area contributed by atoms with Crippen molar-refractivity contribution in [3.8, 4) is 11.3 Å². The van der Waals surface area contributed by atoms with E-state index in [1.807, 2.05) is 13.0 Å².